The molecule has 0 heterocycles. The first kappa shape index (κ1) is 17.9. The van der Waals surface area contributed by atoms with E-state index in [-0.39, 0.29) is 6.54 Å². The molecule has 3 rings (SSSR count). The van der Waals surface area contributed by atoms with E-state index in [1.807, 2.05) is 31.2 Å². The van der Waals surface area contributed by atoms with Gasteiger partial charge in [0.2, 0.25) is 0 Å². The number of ether oxygens (including phenoxy) is 1. The summed E-state index contributed by atoms with van der Waals surface area (Å²) in [5, 5.41) is 15.8. The predicted octanol–water partition coefficient (Wildman–Crippen LogP) is 1.67. The molecule has 0 fully saturated rings. The topological polar surface area (TPSA) is 87.7 Å². The number of benzene rings is 2. The van der Waals surface area contributed by atoms with Crippen LogP contribution in [0, 0.1) is 0 Å². The number of anilines is 1. The van der Waals surface area contributed by atoms with Crippen LogP contribution in [-0.2, 0) is 22.4 Å². The van der Waals surface area contributed by atoms with Gasteiger partial charge in [0, 0.05) is 19.4 Å². The van der Waals surface area contributed by atoms with Crippen molar-refractivity contribution in [1.29, 1.82) is 0 Å². The molecule has 0 aliphatic heterocycles. The fraction of sp³-hybridized carbons (Fsp3) is 0.300. The van der Waals surface area contributed by atoms with E-state index in [9.17, 15) is 14.7 Å². The Morgan fingerprint density at radius 1 is 1.04 bits per heavy atom. The fourth-order valence-electron chi connectivity index (χ4n) is 3.15. The van der Waals surface area contributed by atoms with E-state index in [2.05, 4.69) is 10.6 Å². The molecule has 26 heavy (non-hydrogen) atoms. The quantitative estimate of drug-likeness (QED) is 0.713. The minimum Gasteiger partial charge on any atom is -0.492 e. The molecule has 0 atom stereocenters. The van der Waals surface area contributed by atoms with Crippen molar-refractivity contribution < 1.29 is 19.4 Å². The van der Waals surface area contributed by atoms with Gasteiger partial charge in [-0.15, -0.1) is 0 Å². The molecular formula is C20H22N2O4. The minimum atomic E-state index is -1.07. The number of para-hydroxylation sites is 2. The Morgan fingerprint density at radius 2 is 1.65 bits per heavy atom. The van der Waals surface area contributed by atoms with Crippen LogP contribution < -0.4 is 15.4 Å². The van der Waals surface area contributed by atoms with Crippen LogP contribution in [0.5, 0.6) is 5.75 Å². The summed E-state index contributed by atoms with van der Waals surface area (Å²) < 4.78 is 5.42. The first-order chi connectivity index (χ1) is 12.5. The van der Waals surface area contributed by atoms with E-state index in [4.69, 9.17) is 4.74 Å². The molecule has 0 saturated carbocycles. The van der Waals surface area contributed by atoms with Gasteiger partial charge in [-0.1, -0.05) is 36.4 Å². The van der Waals surface area contributed by atoms with E-state index < -0.39 is 17.4 Å². The van der Waals surface area contributed by atoms with Gasteiger partial charge in [0.05, 0.1) is 17.9 Å². The van der Waals surface area contributed by atoms with Gasteiger partial charge in [-0.3, -0.25) is 9.59 Å². The average molecular weight is 354 g/mol. The summed E-state index contributed by atoms with van der Waals surface area (Å²) in [6.45, 7) is 2.30. The Kier molecular flexibility index (Phi) is 5.23. The second-order valence-electron chi connectivity index (χ2n) is 6.41. The largest absolute Gasteiger partial charge is 0.492 e. The second kappa shape index (κ2) is 7.58. The highest BCUT2D eigenvalue weighted by Crippen LogP contribution is 2.29. The van der Waals surface area contributed by atoms with Gasteiger partial charge < -0.3 is 20.5 Å². The van der Waals surface area contributed by atoms with Gasteiger partial charge in [0.25, 0.3) is 0 Å². The van der Waals surface area contributed by atoms with Crippen LogP contribution in [-0.4, -0.2) is 35.7 Å². The SMILES string of the molecule is CCOc1ccccc1NC(=O)C(=O)NCC1(O)Cc2ccccc2C1. The average Bonchev–Trinajstić information content (AvgIpc) is 2.98. The highest BCUT2D eigenvalue weighted by Gasteiger charge is 2.35. The lowest BCUT2D eigenvalue weighted by molar-refractivity contribution is -0.136. The zero-order valence-corrected chi connectivity index (χ0v) is 14.6. The molecule has 0 radical (unpaired) electrons. The van der Waals surface area contributed by atoms with E-state index in [1.54, 1.807) is 24.3 Å². The monoisotopic (exact) mass is 354 g/mol. The zero-order chi connectivity index (χ0) is 18.6. The summed E-state index contributed by atoms with van der Waals surface area (Å²) in [5.41, 5.74) is 1.50. The third-order valence-electron chi connectivity index (χ3n) is 4.38. The minimum absolute atomic E-state index is 0.0149. The summed E-state index contributed by atoms with van der Waals surface area (Å²) in [4.78, 5) is 24.2. The maximum atomic E-state index is 12.1. The summed E-state index contributed by atoms with van der Waals surface area (Å²) in [6, 6.07) is 14.7. The number of hydrogen-bond acceptors (Lipinski definition) is 4. The zero-order valence-electron chi connectivity index (χ0n) is 14.6. The number of fused-ring (bicyclic) bond motifs is 1. The van der Waals surface area contributed by atoms with Crippen molar-refractivity contribution in [3.8, 4) is 5.75 Å². The van der Waals surface area contributed by atoms with E-state index in [1.165, 1.54) is 0 Å². The fourth-order valence-corrected chi connectivity index (χ4v) is 3.15. The molecule has 0 aromatic heterocycles. The highest BCUT2D eigenvalue weighted by molar-refractivity contribution is 6.39. The van der Waals surface area contributed by atoms with Gasteiger partial charge in [0.1, 0.15) is 5.75 Å². The van der Waals surface area contributed by atoms with Gasteiger partial charge >= 0.3 is 11.8 Å². The number of nitrogens with one attached hydrogen (secondary N) is 2. The number of carbonyl (C=O) groups excluding carboxylic acids is 2. The van der Waals surface area contributed by atoms with Crippen molar-refractivity contribution >= 4 is 17.5 Å². The van der Waals surface area contributed by atoms with Crippen molar-refractivity contribution in [2.24, 2.45) is 0 Å². The Balaban J connectivity index is 1.57. The van der Waals surface area contributed by atoms with Crippen LogP contribution in [0.25, 0.3) is 0 Å². The molecule has 0 spiro atoms. The van der Waals surface area contributed by atoms with Gasteiger partial charge in [-0.2, -0.15) is 0 Å². The molecule has 0 bridgehead atoms. The van der Waals surface area contributed by atoms with Gasteiger partial charge in [-0.05, 0) is 30.2 Å². The lowest BCUT2D eigenvalue weighted by Crippen LogP contribution is -2.46. The van der Waals surface area contributed by atoms with Crippen LogP contribution in [0.3, 0.4) is 0 Å². The maximum Gasteiger partial charge on any atom is 0.313 e. The van der Waals surface area contributed by atoms with Crippen LogP contribution in [0.15, 0.2) is 48.5 Å². The van der Waals surface area contributed by atoms with E-state index >= 15 is 0 Å². The molecule has 136 valence electrons. The third kappa shape index (κ3) is 4.03. The predicted molar refractivity (Wildman–Crippen MR) is 98.1 cm³/mol. The maximum absolute atomic E-state index is 12.1. The van der Waals surface area contributed by atoms with Crippen molar-refractivity contribution in [3.63, 3.8) is 0 Å². The summed E-state index contributed by atoms with van der Waals surface area (Å²) in [5.74, 6) is -1.09. The number of carbonyl (C=O) groups is 2. The Morgan fingerprint density at radius 3 is 2.31 bits per heavy atom. The van der Waals surface area contributed by atoms with Crippen LogP contribution in [0.4, 0.5) is 5.69 Å². The first-order valence-electron chi connectivity index (χ1n) is 8.61. The molecule has 1 aliphatic carbocycles. The highest BCUT2D eigenvalue weighted by atomic mass is 16.5. The summed E-state index contributed by atoms with van der Waals surface area (Å²) in [6.07, 6.45) is 0.913. The van der Waals surface area contributed by atoms with Gasteiger partial charge in [0.15, 0.2) is 0 Å². The lowest BCUT2D eigenvalue weighted by Gasteiger charge is -2.22. The Hall–Kier alpha value is -2.86. The van der Waals surface area contributed by atoms with Crippen LogP contribution in [0.1, 0.15) is 18.1 Å². The molecule has 2 amide bonds. The molecule has 1 aliphatic rings. The number of rotatable bonds is 5. The second-order valence-corrected chi connectivity index (χ2v) is 6.41. The molecule has 0 saturated heterocycles. The number of aliphatic hydroxyl groups is 1. The molecule has 3 N–H and O–H groups in total. The summed E-state index contributed by atoms with van der Waals surface area (Å²) in [7, 11) is 0. The molecule has 6 heteroatoms. The van der Waals surface area contributed by atoms with Crippen LogP contribution in [0.2, 0.25) is 0 Å². The van der Waals surface area contributed by atoms with Gasteiger partial charge in [-0.25, -0.2) is 0 Å². The third-order valence-corrected chi connectivity index (χ3v) is 4.38. The van der Waals surface area contributed by atoms with Crippen molar-refractivity contribution in [3.05, 3.63) is 59.7 Å². The van der Waals surface area contributed by atoms with Crippen molar-refractivity contribution in [1.82, 2.24) is 5.32 Å². The van der Waals surface area contributed by atoms with E-state index in [0.717, 1.165) is 11.1 Å². The molecule has 6 nitrogen and oxygen atoms in total. The standard InChI is InChI=1S/C20H22N2O4/c1-2-26-17-10-6-5-9-16(17)22-19(24)18(23)21-13-20(25)11-14-7-3-4-8-15(14)12-20/h3-10,25H,2,11-13H2,1H3,(H,21,23)(H,22,24). The number of amides is 2. The smallest absolute Gasteiger partial charge is 0.313 e. The lowest BCUT2D eigenvalue weighted by atomic mass is 10.0. The normalized spacial score (nSPS) is 14.4. The van der Waals surface area contributed by atoms with Crippen LogP contribution >= 0.6 is 0 Å². The molecular weight excluding hydrogens is 332 g/mol. The Labute approximate surface area is 152 Å². The molecule has 2 aromatic rings. The first-order valence-corrected chi connectivity index (χ1v) is 8.61. The van der Waals surface area contributed by atoms with Crippen molar-refractivity contribution in [2.75, 3.05) is 18.5 Å². The number of hydrogen-bond donors (Lipinski definition) is 3. The van der Waals surface area contributed by atoms with Crippen molar-refractivity contribution in [2.45, 2.75) is 25.4 Å². The van der Waals surface area contributed by atoms with E-state index in [0.29, 0.717) is 30.9 Å². The Bertz CT molecular complexity index is 794. The molecule has 2 aromatic carbocycles. The molecule has 0 unspecified atom stereocenters. The summed E-state index contributed by atoms with van der Waals surface area (Å²) >= 11 is 0.